The zero-order valence-corrected chi connectivity index (χ0v) is 10.7. The van der Waals surface area contributed by atoms with Crippen LogP contribution in [0, 0.1) is 0 Å². The minimum Gasteiger partial charge on any atom is -0.459 e. The summed E-state index contributed by atoms with van der Waals surface area (Å²) >= 11 is 0. The van der Waals surface area contributed by atoms with Gasteiger partial charge in [-0.25, -0.2) is 9.59 Å². The molecule has 6 heteroatoms. The summed E-state index contributed by atoms with van der Waals surface area (Å²) < 4.78 is 20.0. The van der Waals surface area contributed by atoms with Crippen molar-refractivity contribution in [3.05, 3.63) is 35.4 Å². The number of esters is 2. The Bertz CT molecular complexity index is 454. The van der Waals surface area contributed by atoms with Crippen LogP contribution >= 0.6 is 0 Å². The Hall–Kier alpha value is -1.92. The number of carbonyl (C=O) groups is 2. The quantitative estimate of drug-likeness (QED) is 0.565. The first-order valence-electron chi connectivity index (χ1n) is 6.40. The first kappa shape index (κ1) is 13.1. The van der Waals surface area contributed by atoms with E-state index in [1.807, 2.05) is 0 Å². The van der Waals surface area contributed by atoms with E-state index in [-0.39, 0.29) is 25.4 Å². The molecule has 0 bridgehead atoms. The molecule has 1 aromatic carbocycles. The second kappa shape index (κ2) is 5.60. The lowest BCUT2D eigenvalue weighted by atomic mass is 10.1. The molecule has 2 heterocycles. The van der Waals surface area contributed by atoms with Crippen LogP contribution in [0.2, 0.25) is 0 Å². The lowest BCUT2D eigenvalue weighted by molar-refractivity contribution is 0.0463. The van der Waals surface area contributed by atoms with Crippen LogP contribution in [0.3, 0.4) is 0 Å². The van der Waals surface area contributed by atoms with Crippen LogP contribution in [0.25, 0.3) is 0 Å². The largest absolute Gasteiger partial charge is 0.459 e. The first-order chi connectivity index (χ1) is 9.72. The standard InChI is InChI=1S/C14H14O6/c15-13(19-7-11-5-17-11)9-1-2-10(4-3-9)14(16)20-8-12-6-18-12/h1-4,11-12H,5-8H2/t11-,12?/m1/s1. The number of benzene rings is 1. The monoisotopic (exact) mass is 278 g/mol. The molecule has 2 saturated heterocycles. The van der Waals surface area contributed by atoms with Gasteiger partial charge in [-0.2, -0.15) is 0 Å². The van der Waals surface area contributed by atoms with E-state index < -0.39 is 11.9 Å². The van der Waals surface area contributed by atoms with E-state index in [2.05, 4.69) is 0 Å². The summed E-state index contributed by atoms with van der Waals surface area (Å²) in [6.07, 6.45) is 0.0793. The summed E-state index contributed by atoms with van der Waals surface area (Å²) in [6.45, 7) is 1.82. The average Bonchev–Trinajstić information content (AvgIpc) is 3.37. The molecule has 1 unspecified atom stereocenters. The van der Waals surface area contributed by atoms with Gasteiger partial charge in [-0.05, 0) is 24.3 Å². The second-order valence-electron chi connectivity index (χ2n) is 4.68. The predicted molar refractivity (Wildman–Crippen MR) is 66.5 cm³/mol. The fourth-order valence-electron chi connectivity index (χ4n) is 1.57. The van der Waals surface area contributed by atoms with Crippen LogP contribution < -0.4 is 0 Å². The molecule has 2 aliphatic rings. The first-order valence-corrected chi connectivity index (χ1v) is 6.40. The van der Waals surface area contributed by atoms with Gasteiger partial charge in [-0.1, -0.05) is 0 Å². The van der Waals surface area contributed by atoms with Gasteiger partial charge in [0.25, 0.3) is 0 Å². The molecule has 2 atom stereocenters. The number of hydrogen-bond acceptors (Lipinski definition) is 6. The Morgan fingerprint density at radius 2 is 1.25 bits per heavy atom. The molecule has 0 saturated carbocycles. The van der Waals surface area contributed by atoms with E-state index in [4.69, 9.17) is 18.9 Å². The minimum atomic E-state index is -0.424. The summed E-state index contributed by atoms with van der Waals surface area (Å²) in [7, 11) is 0. The molecule has 106 valence electrons. The number of carbonyl (C=O) groups excluding carboxylic acids is 2. The van der Waals surface area contributed by atoms with E-state index in [9.17, 15) is 9.59 Å². The maximum Gasteiger partial charge on any atom is 0.338 e. The highest BCUT2D eigenvalue weighted by molar-refractivity contribution is 5.93. The van der Waals surface area contributed by atoms with Crippen molar-refractivity contribution in [1.29, 1.82) is 0 Å². The topological polar surface area (TPSA) is 77.7 Å². The second-order valence-corrected chi connectivity index (χ2v) is 4.68. The Morgan fingerprint density at radius 3 is 1.55 bits per heavy atom. The summed E-state index contributed by atoms with van der Waals surface area (Å²) in [4.78, 5) is 23.3. The molecule has 0 radical (unpaired) electrons. The van der Waals surface area contributed by atoms with Crippen molar-refractivity contribution in [2.24, 2.45) is 0 Å². The molecule has 0 aromatic heterocycles. The summed E-state index contributed by atoms with van der Waals surface area (Å²) in [5.74, 6) is -0.849. The third-order valence-electron chi connectivity index (χ3n) is 2.96. The van der Waals surface area contributed by atoms with Gasteiger partial charge in [0.2, 0.25) is 0 Å². The number of ether oxygens (including phenoxy) is 4. The maximum atomic E-state index is 11.7. The van der Waals surface area contributed by atoms with Crippen molar-refractivity contribution < 1.29 is 28.5 Å². The summed E-state index contributed by atoms with van der Waals surface area (Å²) in [5, 5.41) is 0. The minimum absolute atomic E-state index is 0.0397. The smallest absolute Gasteiger partial charge is 0.338 e. The van der Waals surface area contributed by atoms with E-state index in [1.165, 1.54) is 0 Å². The molecule has 0 amide bonds. The zero-order chi connectivity index (χ0) is 13.9. The summed E-state index contributed by atoms with van der Waals surface area (Å²) in [5.41, 5.74) is 0.792. The van der Waals surface area contributed by atoms with Crippen molar-refractivity contribution in [2.45, 2.75) is 12.2 Å². The van der Waals surface area contributed by atoms with Crippen molar-refractivity contribution in [1.82, 2.24) is 0 Å². The van der Waals surface area contributed by atoms with Gasteiger partial charge in [-0.15, -0.1) is 0 Å². The van der Waals surface area contributed by atoms with Gasteiger partial charge >= 0.3 is 11.9 Å². The molecule has 6 nitrogen and oxygen atoms in total. The normalized spacial score (nSPS) is 23.0. The molecule has 20 heavy (non-hydrogen) atoms. The summed E-state index contributed by atoms with van der Waals surface area (Å²) in [6, 6.07) is 6.17. The third kappa shape index (κ3) is 3.55. The zero-order valence-electron chi connectivity index (χ0n) is 10.7. The highest BCUT2D eigenvalue weighted by Gasteiger charge is 2.25. The Balaban J connectivity index is 1.52. The fourth-order valence-corrected chi connectivity index (χ4v) is 1.57. The lowest BCUT2D eigenvalue weighted by Gasteiger charge is -2.05. The molecular formula is C14H14O6. The Labute approximate surface area is 115 Å². The van der Waals surface area contributed by atoms with Crippen LogP contribution in [-0.4, -0.2) is 50.6 Å². The highest BCUT2D eigenvalue weighted by atomic mass is 16.6. The van der Waals surface area contributed by atoms with E-state index >= 15 is 0 Å². The molecule has 1 aromatic rings. The predicted octanol–water partition coefficient (Wildman–Crippen LogP) is 0.798. The van der Waals surface area contributed by atoms with Crippen molar-refractivity contribution in [3.63, 3.8) is 0 Å². The molecular weight excluding hydrogens is 264 g/mol. The van der Waals surface area contributed by atoms with Gasteiger partial charge in [0.05, 0.1) is 24.3 Å². The van der Waals surface area contributed by atoms with Crippen LogP contribution in [0.15, 0.2) is 24.3 Å². The highest BCUT2D eigenvalue weighted by Crippen LogP contribution is 2.13. The number of hydrogen-bond donors (Lipinski definition) is 0. The fraction of sp³-hybridized carbons (Fsp3) is 0.429. The maximum absolute atomic E-state index is 11.7. The average molecular weight is 278 g/mol. The molecule has 0 N–H and O–H groups in total. The van der Waals surface area contributed by atoms with Crippen LogP contribution in [0.1, 0.15) is 20.7 Å². The van der Waals surface area contributed by atoms with Gasteiger partial charge < -0.3 is 18.9 Å². The lowest BCUT2D eigenvalue weighted by Crippen LogP contribution is -2.12. The Morgan fingerprint density at radius 1 is 0.900 bits per heavy atom. The third-order valence-corrected chi connectivity index (χ3v) is 2.96. The van der Waals surface area contributed by atoms with Crippen LogP contribution in [0.4, 0.5) is 0 Å². The molecule has 0 spiro atoms. The number of epoxide rings is 2. The van der Waals surface area contributed by atoms with Gasteiger partial charge in [0.15, 0.2) is 0 Å². The van der Waals surface area contributed by atoms with Crippen molar-refractivity contribution in [3.8, 4) is 0 Å². The van der Waals surface area contributed by atoms with Crippen LogP contribution in [0.5, 0.6) is 0 Å². The van der Waals surface area contributed by atoms with Crippen LogP contribution in [-0.2, 0) is 18.9 Å². The Kier molecular flexibility index (Phi) is 3.66. The molecule has 3 rings (SSSR count). The molecule has 2 aliphatic heterocycles. The van der Waals surface area contributed by atoms with E-state index in [1.54, 1.807) is 24.3 Å². The van der Waals surface area contributed by atoms with Gasteiger partial charge in [0.1, 0.15) is 25.4 Å². The van der Waals surface area contributed by atoms with E-state index in [0.717, 1.165) is 0 Å². The molecule has 0 aliphatic carbocycles. The number of rotatable bonds is 6. The van der Waals surface area contributed by atoms with E-state index in [0.29, 0.717) is 24.3 Å². The molecule has 2 fully saturated rings. The van der Waals surface area contributed by atoms with Crippen molar-refractivity contribution in [2.75, 3.05) is 26.4 Å². The van der Waals surface area contributed by atoms with Crippen molar-refractivity contribution >= 4 is 11.9 Å². The SMILES string of the molecule is O=C(OCC1CO1)c1ccc(C(=O)OC[C@H]2CO2)cc1. The van der Waals surface area contributed by atoms with Gasteiger partial charge in [-0.3, -0.25) is 0 Å². The van der Waals surface area contributed by atoms with Gasteiger partial charge in [0, 0.05) is 0 Å².